The van der Waals surface area contributed by atoms with Gasteiger partial charge in [0.15, 0.2) is 0 Å². The second-order valence-corrected chi connectivity index (χ2v) is 24.4. The highest BCUT2D eigenvalue weighted by molar-refractivity contribution is 5.76. The van der Waals surface area contributed by atoms with Crippen molar-refractivity contribution in [3.8, 4) is 0 Å². The highest BCUT2D eigenvalue weighted by Gasteiger charge is 2.42. The molecule has 12 nitrogen and oxygen atoms in total. The number of rotatable bonds is 54. The quantitative estimate of drug-likeness (QED) is 0.0427. The van der Waals surface area contributed by atoms with Crippen molar-refractivity contribution < 1.29 is 39.6 Å². The van der Waals surface area contributed by atoms with Crippen molar-refractivity contribution in [2.75, 3.05) is 78.5 Å². The van der Waals surface area contributed by atoms with Crippen LogP contribution in [0.3, 0.4) is 0 Å². The Hall–Kier alpha value is -2.28. The fourth-order valence-corrected chi connectivity index (χ4v) is 12.4. The molecule has 0 spiro atoms. The molecule has 1 fully saturated rings. The summed E-state index contributed by atoms with van der Waals surface area (Å²) in [5, 5.41) is 43.6. The first-order valence-corrected chi connectivity index (χ1v) is 32.4. The Bertz CT molecular complexity index is 1290. The van der Waals surface area contributed by atoms with E-state index in [-0.39, 0.29) is 0 Å². The van der Waals surface area contributed by atoms with E-state index in [4.69, 9.17) is 0 Å². The molecule has 448 valence electrons. The highest BCUT2D eigenvalue weighted by atomic mass is 16.4. The number of hydrogen-bond donors (Lipinski definition) is 4. The summed E-state index contributed by atoms with van der Waals surface area (Å²) in [5.41, 5.74) is -3.09. The Morgan fingerprint density at radius 1 is 0.289 bits per heavy atom. The molecule has 0 aliphatic carbocycles. The van der Waals surface area contributed by atoms with Gasteiger partial charge in [-0.05, 0) is 103 Å². The van der Waals surface area contributed by atoms with Crippen LogP contribution < -0.4 is 0 Å². The number of unbranched alkanes of at least 4 members (excludes halogenated alkanes) is 16. The predicted molar refractivity (Wildman–Crippen MR) is 318 cm³/mol. The highest BCUT2D eigenvalue weighted by Crippen LogP contribution is 2.40. The molecule has 1 saturated heterocycles. The molecule has 0 aromatic heterocycles. The third-order valence-corrected chi connectivity index (χ3v) is 18.4. The lowest BCUT2D eigenvalue weighted by Crippen LogP contribution is -2.50. The van der Waals surface area contributed by atoms with Gasteiger partial charge in [-0.2, -0.15) is 0 Å². The average Bonchev–Trinajstić information content (AvgIpc) is 3.41. The molecule has 0 aromatic carbocycles. The molecule has 4 unspecified atom stereocenters. The first-order chi connectivity index (χ1) is 36.6. The van der Waals surface area contributed by atoms with Crippen molar-refractivity contribution in [1.29, 1.82) is 0 Å². The van der Waals surface area contributed by atoms with Crippen LogP contribution in [0.5, 0.6) is 0 Å². The fraction of sp³-hybridized carbons (Fsp3) is 0.938. The molecule has 1 aliphatic heterocycles. The van der Waals surface area contributed by atoms with Crippen molar-refractivity contribution in [2.24, 2.45) is 21.7 Å². The summed E-state index contributed by atoms with van der Waals surface area (Å²) in [6.07, 6.45) is 32.0. The summed E-state index contributed by atoms with van der Waals surface area (Å²) in [6, 6.07) is 0. The van der Waals surface area contributed by atoms with Gasteiger partial charge in [-0.3, -0.25) is 29.0 Å². The van der Waals surface area contributed by atoms with Gasteiger partial charge in [0, 0.05) is 52.4 Å². The first-order valence-electron chi connectivity index (χ1n) is 32.4. The molecule has 1 heterocycles. The van der Waals surface area contributed by atoms with Crippen molar-refractivity contribution in [1.82, 2.24) is 19.6 Å². The van der Waals surface area contributed by atoms with Gasteiger partial charge in [-0.15, -0.1) is 0 Å². The van der Waals surface area contributed by atoms with Crippen LogP contribution in [0, 0.1) is 21.7 Å². The van der Waals surface area contributed by atoms with Crippen molar-refractivity contribution in [3.05, 3.63) is 0 Å². The lowest BCUT2D eigenvalue weighted by atomic mass is 9.74. The molecular formula is C64H124N4O8. The molecule has 0 aromatic rings. The van der Waals surface area contributed by atoms with Crippen LogP contribution >= 0.6 is 0 Å². The van der Waals surface area contributed by atoms with Gasteiger partial charge in [-0.1, -0.05) is 209 Å². The van der Waals surface area contributed by atoms with Crippen LogP contribution in [0.2, 0.25) is 0 Å². The summed E-state index contributed by atoms with van der Waals surface area (Å²) in [4.78, 5) is 63.0. The van der Waals surface area contributed by atoms with E-state index in [1.165, 1.54) is 0 Å². The topological polar surface area (TPSA) is 162 Å². The Morgan fingerprint density at radius 3 is 0.671 bits per heavy atom. The number of carboxylic acids is 4. The van der Waals surface area contributed by atoms with Crippen LogP contribution in [0.4, 0.5) is 0 Å². The second kappa shape index (κ2) is 42.6. The summed E-state index contributed by atoms with van der Waals surface area (Å²) in [7, 11) is 0. The van der Waals surface area contributed by atoms with Gasteiger partial charge in [0.05, 0.1) is 21.7 Å². The maximum absolute atomic E-state index is 13.3. The first kappa shape index (κ1) is 71.7. The van der Waals surface area contributed by atoms with E-state index < -0.39 is 45.5 Å². The fourth-order valence-electron chi connectivity index (χ4n) is 12.4. The minimum absolute atomic E-state index is 0.584. The summed E-state index contributed by atoms with van der Waals surface area (Å²) >= 11 is 0. The zero-order valence-corrected chi connectivity index (χ0v) is 51.2. The Balaban J connectivity index is 3.43. The van der Waals surface area contributed by atoms with Crippen LogP contribution in [-0.4, -0.2) is 142 Å². The van der Waals surface area contributed by atoms with Crippen LogP contribution in [-0.2, 0) is 19.2 Å². The van der Waals surface area contributed by atoms with Crippen molar-refractivity contribution >= 4 is 23.9 Å². The van der Waals surface area contributed by atoms with E-state index in [0.717, 1.165) is 206 Å². The van der Waals surface area contributed by atoms with E-state index in [2.05, 4.69) is 75.0 Å². The van der Waals surface area contributed by atoms with Gasteiger partial charge >= 0.3 is 23.9 Å². The molecule has 4 N–H and O–H groups in total. The Labute approximate surface area is 468 Å². The van der Waals surface area contributed by atoms with Gasteiger partial charge in [0.2, 0.25) is 0 Å². The zero-order chi connectivity index (χ0) is 56.6. The maximum Gasteiger partial charge on any atom is 0.309 e. The molecule has 0 amide bonds. The van der Waals surface area contributed by atoms with Crippen LogP contribution in [0.25, 0.3) is 0 Å². The zero-order valence-electron chi connectivity index (χ0n) is 51.2. The van der Waals surface area contributed by atoms with E-state index in [1.54, 1.807) is 0 Å². The smallest absolute Gasteiger partial charge is 0.309 e. The van der Waals surface area contributed by atoms with Gasteiger partial charge in [-0.25, -0.2) is 0 Å². The number of piperazine rings is 1. The van der Waals surface area contributed by atoms with Gasteiger partial charge < -0.3 is 30.2 Å². The molecule has 1 rings (SSSR count). The molecule has 1 aliphatic rings. The van der Waals surface area contributed by atoms with E-state index >= 15 is 0 Å². The molecule has 12 heteroatoms. The number of carboxylic acid groups (broad SMARTS) is 4. The minimum atomic E-state index is -0.772. The molecule has 76 heavy (non-hydrogen) atoms. The molecular weight excluding hydrogens is 953 g/mol. The standard InChI is InChI=1S/C64H124N4O8/c1-9-17-25-29-37-61(57(69)70,33-21-13-5)41-45-65(46-42-62(58(71)72,34-22-14-6)38-30-26-18-10-2)49-51-67-53-55-68(56-54-67)52-50-66(47-43-63(59(73)74,35-23-15-7)39-31-27-19-11-3)48-44-64(60(75)76,36-24-16-8)40-32-28-20-12-4/h9-56H2,1-8H3,(H,69,70)(H,71,72)(H,73,74)(H,75,76). The van der Waals surface area contributed by atoms with E-state index in [0.29, 0.717) is 103 Å². The average molecular weight is 1080 g/mol. The number of hydrogen-bond acceptors (Lipinski definition) is 8. The third kappa shape index (κ3) is 27.7. The predicted octanol–water partition coefficient (Wildman–Crippen LogP) is 15.7. The monoisotopic (exact) mass is 1080 g/mol. The second-order valence-electron chi connectivity index (χ2n) is 24.4. The van der Waals surface area contributed by atoms with Crippen LogP contribution in [0.1, 0.15) is 287 Å². The summed E-state index contributed by atoms with van der Waals surface area (Å²) in [6.45, 7) is 26.8. The SMILES string of the molecule is CCCCCCC(CCCC)(CCN(CCN1CCN(CCN(CCC(CCCC)(CCCCCC)C(=O)O)CCC(CCCC)(CCCCCC)C(=O)O)CC1)CCC(CCCC)(CCCCCC)C(=O)O)C(=O)O. The molecule has 0 bridgehead atoms. The molecule has 4 atom stereocenters. The van der Waals surface area contributed by atoms with Crippen LogP contribution in [0.15, 0.2) is 0 Å². The number of nitrogens with zero attached hydrogens (tertiary/aromatic N) is 4. The van der Waals surface area contributed by atoms with Crippen molar-refractivity contribution in [2.45, 2.75) is 287 Å². The number of carbonyl (C=O) groups is 4. The van der Waals surface area contributed by atoms with Crippen molar-refractivity contribution in [3.63, 3.8) is 0 Å². The lowest BCUT2D eigenvalue weighted by molar-refractivity contribution is -0.152. The Kier molecular flexibility index (Phi) is 40.2. The Morgan fingerprint density at radius 2 is 0.487 bits per heavy atom. The summed E-state index contributed by atoms with van der Waals surface area (Å²) < 4.78 is 0. The normalized spacial score (nSPS) is 16.9. The lowest BCUT2D eigenvalue weighted by Gasteiger charge is -2.39. The maximum atomic E-state index is 13.3. The number of aliphatic carboxylic acids is 4. The van der Waals surface area contributed by atoms with Gasteiger partial charge in [0.1, 0.15) is 0 Å². The summed E-state index contributed by atoms with van der Waals surface area (Å²) in [5.74, 6) is -2.70. The largest absolute Gasteiger partial charge is 0.481 e. The minimum Gasteiger partial charge on any atom is -0.481 e. The molecule has 0 saturated carbocycles. The third-order valence-electron chi connectivity index (χ3n) is 18.4. The van der Waals surface area contributed by atoms with E-state index in [9.17, 15) is 39.6 Å². The molecule has 0 radical (unpaired) electrons. The van der Waals surface area contributed by atoms with Gasteiger partial charge in [0.25, 0.3) is 0 Å². The van der Waals surface area contributed by atoms with E-state index in [1.807, 2.05) is 0 Å².